The summed E-state index contributed by atoms with van der Waals surface area (Å²) in [4.78, 5) is 33.6. The molecule has 0 radical (unpaired) electrons. The van der Waals surface area contributed by atoms with E-state index in [1.165, 1.54) is 0 Å². The van der Waals surface area contributed by atoms with Gasteiger partial charge in [-0.05, 0) is 72.7 Å². The summed E-state index contributed by atoms with van der Waals surface area (Å²) in [5, 5.41) is 0.475. The average Bonchev–Trinajstić information content (AvgIpc) is 3.17. The Kier molecular flexibility index (Phi) is 6.93. The predicted molar refractivity (Wildman–Crippen MR) is 146 cm³/mol. The fourth-order valence-corrected chi connectivity index (χ4v) is 5.05. The maximum atomic E-state index is 14.0. The van der Waals surface area contributed by atoms with Crippen molar-refractivity contribution >= 4 is 16.9 Å². The molecule has 1 amide bonds. The molecule has 0 N–H and O–H groups in total. The summed E-state index contributed by atoms with van der Waals surface area (Å²) in [6.45, 7) is 8.96. The molecule has 196 valence electrons. The van der Waals surface area contributed by atoms with E-state index in [9.17, 15) is 9.59 Å². The lowest BCUT2D eigenvalue weighted by molar-refractivity contribution is 0.0714. The molecule has 0 spiro atoms. The molecule has 5 rings (SSSR count). The number of pyridine rings is 1. The number of ether oxygens (including phenoxy) is 2. The third kappa shape index (κ3) is 4.64. The van der Waals surface area contributed by atoms with Crippen molar-refractivity contribution in [2.24, 2.45) is 5.92 Å². The fraction of sp³-hybridized carbons (Fsp3) is 0.323. The highest BCUT2D eigenvalue weighted by molar-refractivity contribution is 5.99. The van der Waals surface area contributed by atoms with Crippen LogP contribution in [0.4, 0.5) is 0 Å². The molecule has 0 saturated heterocycles. The first kappa shape index (κ1) is 25.5. The number of hydrogen-bond acceptors (Lipinski definition) is 6. The molecule has 4 aromatic rings. The van der Waals surface area contributed by atoms with E-state index in [0.29, 0.717) is 40.6 Å². The summed E-state index contributed by atoms with van der Waals surface area (Å²) >= 11 is 0. The molecule has 0 fully saturated rings. The van der Waals surface area contributed by atoms with Gasteiger partial charge in [0, 0.05) is 18.9 Å². The van der Waals surface area contributed by atoms with Crippen molar-refractivity contribution in [2.75, 3.05) is 13.7 Å². The van der Waals surface area contributed by atoms with Crippen LogP contribution in [0.15, 0.2) is 64.1 Å². The smallest absolute Gasteiger partial charge is 0.291 e. The molecule has 0 unspecified atom stereocenters. The quantitative estimate of drug-likeness (QED) is 0.289. The minimum absolute atomic E-state index is 0.0829. The van der Waals surface area contributed by atoms with Gasteiger partial charge in [0.25, 0.3) is 5.91 Å². The van der Waals surface area contributed by atoms with Crippen molar-refractivity contribution in [3.63, 3.8) is 0 Å². The van der Waals surface area contributed by atoms with Crippen molar-refractivity contribution in [3.05, 3.63) is 98.7 Å². The second-order valence-corrected chi connectivity index (χ2v) is 10.3. The van der Waals surface area contributed by atoms with Crippen LogP contribution in [0.5, 0.6) is 11.5 Å². The Morgan fingerprint density at radius 3 is 2.61 bits per heavy atom. The minimum atomic E-state index is -0.655. The van der Waals surface area contributed by atoms with Gasteiger partial charge in [-0.25, -0.2) is 0 Å². The van der Waals surface area contributed by atoms with E-state index in [4.69, 9.17) is 13.9 Å². The Morgan fingerprint density at radius 2 is 1.89 bits per heavy atom. The molecular weight excluding hydrogens is 480 g/mol. The lowest BCUT2D eigenvalue weighted by atomic mass is 9.97. The zero-order valence-electron chi connectivity index (χ0n) is 22.4. The number of nitrogens with zero attached hydrogens (tertiary/aromatic N) is 2. The van der Waals surface area contributed by atoms with Crippen molar-refractivity contribution < 1.29 is 18.7 Å². The largest absolute Gasteiger partial charge is 0.493 e. The van der Waals surface area contributed by atoms with Crippen molar-refractivity contribution in [1.82, 2.24) is 9.88 Å². The molecular formula is C31H32N2O5. The molecule has 38 heavy (non-hydrogen) atoms. The van der Waals surface area contributed by atoms with Gasteiger partial charge >= 0.3 is 0 Å². The minimum Gasteiger partial charge on any atom is -0.493 e. The molecule has 7 heteroatoms. The fourth-order valence-electron chi connectivity index (χ4n) is 5.05. The monoisotopic (exact) mass is 512 g/mol. The number of fused-ring (bicyclic) bond motifs is 2. The number of carbonyl (C=O) groups is 1. The van der Waals surface area contributed by atoms with Gasteiger partial charge in [-0.2, -0.15) is 0 Å². The topological polar surface area (TPSA) is 81.9 Å². The number of benzene rings is 2. The Morgan fingerprint density at radius 1 is 1.08 bits per heavy atom. The van der Waals surface area contributed by atoms with Crippen LogP contribution in [0.3, 0.4) is 0 Å². The molecule has 0 bridgehead atoms. The van der Waals surface area contributed by atoms with Crippen LogP contribution in [-0.4, -0.2) is 29.5 Å². The normalized spacial score (nSPS) is 14.8. The highest BCUT2D eigenvalue weighted by Gasteiger charge is 2.43. The number of aromatic nitrogens is 1. The van der Waals surface area contributed by atoms with E-state index >= 15 is 0 Å². The van der Waals surface area contributed by atoms with Crippen molar-refractivity contribution in [1.29, 1.82) is 0 Å². The maximum absolute atomic E-state index is 14.0. The van der Waals surface area contributed by atoms with Crippen LogP contribution in [0.1, 0.15) is 64.7 Å². The summed E-state index contributed by atoms with van der Waals surface area (Å²) in [5.74, 6) is 1.44. The van der Waals surface area contributed by atoms with Crippen LogP contribution in [0.25, 0.3) is 11.0 Å². The van der Waals surface area contributed by atoms with E-state index in [0.717, 1.165) is 28.7 Å². The van der Waals surface area contributed by atoms with Gasteiger partial charge in [-0.15, -0.1) is 0 Å². The van der Waals surface area contributed by atoms with Crippen LogP contribution in [-0.2, 0) is 6.54 Å². The zero-order valence-corrected chi connectivity index (χ0v) is 22.4. The SMILES string of the molecule is COc1cc([C@@H]2c3c(oc4c(C)cc(C)cc4c3=O)C(=O)N2Cc2cccnc2)ccc1OCCC(C)C. The molecule has 1 atom stereocenters. The van der Waals surface area contributed by atoms with E-state index in [-0.39, 0.29) is 23.6 Å². The van der Waals surface area contributed by atoms with Gasteiger partial charge in [0.2, 0.25) is 5.76 Å². The highest BCUT2D eigenvalue weighted by Crippen LogP contribution is 2.42. The van der Waals surface area contributed by atoms with Crippen molar-refractivity contribution in [3.8, 4) is 11.5 Å². The van der Waals surface area contributed by atoms with E-state index in [1.807, 2.05) is 56.3 Å². The lowest BCUT2D eigenvalue weighted by Crippen LogP contribution is -2.29. The van der Waals surface area contributed by atoms with Gasteiger partial charge in [0.1, 0.15) is 5.58 Å². The number of aryl methyl sites for hydroxylation is 2. The number of hydrogen-bond donors (Lipinski definition) is 0. The molecule has 2 aromatic heterocycles. The molecule has 0 aliphatic carbocycles. The van der Waals surface area contributed by atoms with E-state index < -0.39 is 6.04 Å². The maximum Gasteiger partial charge on any atom is 0.291 e. The van der Waals surface area contributed by atoms with Crippen LogP contribution in [0.2, 0.25) is 0 Å². The first-order valence-corrected chi connectivity index (χ1v) is 12.9. The third-order valence-corrected chi connectivity index (χ3v) is 6.93. The summed E-state index contributed by atoms with van der Waals surface area (Å²) < 4.78 is 17.8. The summed E-state index contributed by atoms with van der Waals surface area (Å²) in [5.41, 5.74) is 3.96. The van der Waals surface area contributed by atoms with Gasteiger partial charge in [0.05, 0.1) is 30.7 Å². The standard InChI is InChI=1S/C31H32N2O5/c1-18(2)10-12-37-24-9-8-22(15-25(24)36-5)27-26-28(34)23-14-19(3)13-20(4)29(23)38-30(26)31(35)33(27)17-21-7-6-11-32-16-21/h6-9,11,13-16,18,27H,10,12,17H2,1-5H3/t27-/m1/s1. The highest BCUT2D eigenvalue weighted by atomic mass is 16.5. The van der Waals surface area contributed by atoms with Gasteiger partial charge in [-0.1, -0.05) is 32.0 Å². The second-order valence-electron chi connectivity index (χ2n) is 10.3. The van der Waals surface area contributed by atoms with E-state index in [1.54, 1.807) is 24.4 Å². The average molecular weight is 513 g/mol. The molecule has 0 saturated carbocycles. The van der Waals surface area contributed by atoms with Gasteiger partial charge < -0.3 is 18.8 Å². The Hall–Kier alpha value is -4.13. The Balaban J connectivity index is 1.66. The Bertz CT molecular complexity index is 1560. The van der Waals surface area contributed by atoms with E-state index in [2.05, 4.69) is 18.8 Å². The third-order valence-electron chi connectivity index (χ3n) is 6.93. The first-order chi connectivity index (χ1) is 18.3. The van der Waals surface area contributed by atoms with Gasteiger partial charge in [-0.3, -0.25) is 14.6 Å². The number of rotatable bonds is 8. The summed E-state index contributed by atoms with van der Waals surface area (Å²) in [6, 6.07) is 12.4. The summed E-state index contributed by atoms with van der Waals surface area (Å²) in [6.07, 6.45) is 4.33. The van der Waals surface area contributed by atoms with Crippen LogP contribution in [0, 0.1) is 19.8 Å². The predicted octanol–water partition coefficient (Wildman–Crippen LogP) is 5.98. The second kappa shape index (κ2) is 10.3. The first-order valence-electron chi connectivity index (χ1n) is 12.9. The van der Waals surface area contributed by atoms with Gasteiger partial charge in [0.15, 0.2) is 16.9 Å². The van der Waals surface area contributed by atoms with Crippen LogP contribution >= 0.6 is 0 Å². The lowest BCUT2D eigenvalue weighted by Gasteiger charge is -2.26. The molecule has 2 aromatic carbocycles. The number of methoxy groups -OCH3 is 1. The molecule has 3 heterocycles. The molecule has 1 aliphatic heterocycles. The summed E-state index contributed by atoms with van der Waals surface area (Å²) in [7, 11) is 1.59. The number of carbonyl (C=O) groups excluding carboxylic acids is 1. The molecule has 1 aliphatic rings. The zero-order chi connectivity index (χ0) is 27.0. The van der Waals surface area contributed by atoms with Crippen LogP contribution < -0.4 is 14.9 Å². The number of amides is 1. The van der Waals surface area contributed by atoms with Crippen molar-refractivity contribution in [2.45, 2.75) is 46.7 Å². The Labute approximate surface area is 222 Å². The molecule has 7 nitrogen and oxygen atoms in total.